The van der Waals surface area contributed by atoms with E-state index in [2.05, 4.69) is 20.4 Å². The molecule has 0 aromatic rings. The SMILES string of the molecule is C=C/C(C)=C/[C@@H](C)C(=O)CC[C@@H](C)CC. The summed E-state index contributed by atoms with van der Waals surface area (Å²) in [4.78, 5) is 11.7. The molecule has 1 heteroatoms. The summed E-state index contributed by atoms with van der Waals surface area (Å²) in [6, 6.07) is 0. The Kier molecular flexibility index (Phi) is 7.02. The van der Waals surface area contributed by atoms with Gasteiger partial charge in [0, 0.05) is 12.3 Å². The van der Waals surface area contributed by atoms with Crippen LogP contribution in [0.5, 0.6) is 0 Å². The van der Waals surface area contributed by atoms with Gasteiger partial charge in [0.05, 0.1) is 0 Å². The molecule has 0 fully saturated rings. The highest BCUT2D eigenvalue weighted by Crippen LogP contribution is 2.14. The highest BCUT2D eigenvalue weighted by Gasteiger charge is 2.11. The molecule has 0 heterocycles. The van der Waals surface area contributed by atoms with Crippen molar-refractivity contribution in [3.05, 3.63) is 24.3 Å². The van der Waals surface area contributed by atoms with Crippen LogP contribution in [-0.2, 0) is 4.79 Å². The monoisotopic (exact) mass is 208 g/mol. The van der Waals surface area contributed by atoms with E-state index in [1.165, 1.54) is 0 Å². The zero-order valence-electron chi connectivity index (χ0n) is 10.5. The summed E-state index contributed by atoms with van der Waals surface area (Å²) in [6.45, 7) is 12.0. The first-order chi connectivity index (χ1) is 7.01. The first-order valence-corrected chi connectivity index (χ1v) is 5.84. The lowest BCUT2D eigenvalue weighted by atomic mass is 9.95. The molecule has 0 radical (unpaired) electrons. The summed E-state index contributed by atoms with van der Waals surface area (Å²) < 4.78 is 0. The zero-order chi connectivity index (χ0) is 11.8. The zero-order valence-corrected chi connectivity index (χ0v) is 10.5. The van der Waals surface area contributed by atoms with Crippen molar-refractivity contribution in [2.75, 3.05) is 0 Å². The van der Waals surface area contributed by atoms with Gasteiger partial charge >= 0.3 is 0 Å². The minimum absolute atomic E-state index is 0.0343. The number of Topliss-reactive ketones (excluding diaryl/α,β-unsaturated/α-hetero) is 1. The van der Waals surface area contributed by atoms with Crippen molar-refractivity contribution in [3.63, 3.8) is 0 Å². The lowest BCUT2D eigenvalue weighted by Gasteiger charge is -2.10. The average molecular weight is 208 g/mol. The molecule has 0 aliphatic carbocycles. The third kappa shape index (κ3) is 6.27. The topological polar surface area (TPSA) is 17.1 Å². The maximum Gasteiger partial charge on any atom is 0.139 e. The van der Waals surface area contributed by atoms with Crippen LogP contribution in [0.2, 0.25) is 0 Å². The molecule has 0 bridgehead atoms. The fourth-order valence-corrected chi connectivity index (χ4v) is 1.38. The summed E-state index contributed by atoms with van der Waals surface area (Å²) in [7, 11) is 0. The maximum atomic E-state index is 11.7. The Balaban J connectivity index is 4.05. The van der Waals surface area contributed by atoms with Gasteiger partial charge in [0.25, 0.3) is 0 Å². The molecule has 2 atom stereocenters. The van der Waals surface area contributed by atoms with Crippen molar-refractivity contribution in [2.24, 2.45) is 11.8 Å². The van der Waals surface area contributed by atoms with E-state index in [0.717, 1.165) is 18.4 Å². The molecule has 0 spiro atoms. The van der Waals surface area contributed by atoms with E-state index in [9.17, 15) is 4.79 Å². The fraction of sp³-hybridized carbons (Fsp3) is 0.643. The van der Waals surface area contributed by atoms with E-state index in [-0.39, 0.29) is 5.92 Å². The second-order valence-electron chi connectivity index (χ2n) is 4.42. The van der Waals surface area contributed by atoms with Gasteiger partial charge in [0.2, 0.25) is 0 Å². The molecule has 0 unspecified atom stereocenters. The number of rotatable bonds is 7. The summed E-state index contributed by atoms with van der Waals surface area (Å²) >= 11 is 0. The van der Waals surface area contributed by atoms with Gasteiger partial charge in [-0.1, -0.05) is 51.5 Å². The normalized spacial score (nSPS) is 15.9. The van der Waals surface area contributed by atoms with Crippen molar-refractivity contribution in [1.29, 1.82) is 0 Å². The van der Waals surface area contributed by atoms with Gasteiger partial charge in [-0.2, -0.15) is 0 Å². The summed E-state index contributed by atoms with van der Waals surface area (Å²) in [5.41, 5.74) is 1.08. The highest BCUT2D eigenvalue weighted by molar-refractivity contribution is 5.82. The van der Waals surface area contributed by atoms with Gasteiger partial charge < -0.3 is 0 Å². The first kappa shape index (κ1) is 14.2. The first-order valence-electron chi connectivity index (χ1n) is 5.84. The Morgan fingerprint density at radius 2 is 2.00 bits per heavy atom. The van der Waals surface area contributed by atoms with E-state index >= 15 is 0 Å². The molecule has 0 saturated heterocycles. The van der Waals surface area contributed by atoms with Crippen molar-refractivity contribution in [1.82, 2.24) is 0 Å². The van der Waals surface area contributed by atoms with Gasteiger partial charge in [-0.3, -0.25) is 4.79 Å². The van der Waals surface area contributed by atoms with E-state index in [1.54, 1.807) is 6.08 Å². The molecule has 0 saturated carbocycles. The number of hydrogen-bond donors (Lipinski definition) is 0. The Labute approximate surface area is 94.3 Å². The maximum absolute atomic E-state index is 11.7. The number of carbonyl (C=O) groups is 1. The molecule has 0 rings (SSSR count). The fourth-order valence-electron chi connectivity index (χ4n) is 1.38. The van der Waals surface area contributed by atoms with Gasteiger partial charge in [-0.05, 0) is 19.3 Å². The average Bonchev–Trinajstić information content (AvgIpc) is 2.24. The predicted molar refractivity (Wildman–Crippen MR) is 66.8 cm³/mol. The smallest absolute Gasteiger partial charge is 0.139 e. The molecular weight excluding hydrogens is 184 g/mol. The third-order valence-corrected chi connectivity index (χ3v) is 2.92. The van der Waals surface area contributed by atoms with Crippen LogP contribution in [0.3, 0.4) is 0 Å². The van der Waals surface area contributed by atoms with Crippen LogP contribution in [0.1, 0.15) is 47.0 Å². The number of carbonyl (C=O) groups excluding carboxylic acids is 1. The van der Waals surface area contributed by atoms with Crippen LogP contribution in [-0.4, -0.2) is 5.78 Å². The molecule has 0 aromatic carbocycles. The Hall–Kier alpha value is -0.850. The molecule has 15 heavy (non-hydrogen) atoms. The largest absolute Gasteiger partial charge is 0.299 e. The van der Waals surface area contributed by atoms with Crippen LogP contribution >= 0.6 is 0 Å². The van der Waals surface area contributed by atoms with Crippen LogP contribution in [0.25, 0.3) is 0 Å². The van der Waals surface area contributed by atoms with E-state index in [4.69, 9.17) is 0 Å². The van der Waals surface area contributed by atoms with Gasteiger partial charge in [-0.15, -0.1) is 0 Å². The second-order valence-corrected chi connectivity index (χ2v) is 4.42. The highest BCUT2D eigenvalue weighted by atomic mass is 16.1. The molecule has 0 amide bonds. The second kappa shape index (κ2) is 7.44. The van der Waals surface area contributed by atoms with Crippen molar-refractivity contribution in [2.45, 2.75) is 47.0 Å². The number of hydrogen-bond acceptors (Lipinski definition) is 1. The third-order valence-electron chi connectivity index (χ3n) is 2.92. The number of allylic oxidation sites excluding steroid dienone is 3. The van der Waals surface area contributed by atoms with Crippen LogP contribution in [0.15, 0.2) is 24.3 Å². The van der Waals surface area contributed by atoms with Gasteiger partial charge in [0.1, 0.15) is 5.78 Å². The molecule has 0 aromatic heterocycles. The molecule has 0 N–H and O–H groups in total. The van der Waals surface area contributed by atoms with Crippen molar-refractivity contribution in [3.8, 4) is 0 Å². The Morgan fingerprint density at radius 3 is 2.47 bits per heavy atom. The Bertz CT molecular complexity index is 238. The van der Waals surface area contributed by atoms with Crippen LogP contribution in [0.4, 0.5) is 0 Å². The summed E-state index contributed by atoms with van der Waals surface area (Å²) in [5, 5.41) is 0. The van der Waals surface area contributed by atoms with E-state index in [0.29, 0.717) is 18.1 Å². The molecule has 1 nitrogen and oxygen atoms in total. The van der Waals surface area contributed by atoms with Crippen molar-refractivity contribution < 1.29 is 4.79 Å². The van der Waals surface area contributed by atoms with E-state index < -0.39 is 0 Å². The number of ketones is 1. The predicted octanol–water partition coefficient (Wildman–Crippen LogP) is 4.15. The minimum atomic E-state index is 0.0343. The van der Waals surface area contributed by atoms with Gasteiger partial charge in [0.15, 0.2) is 0 Å². The Morgan fingerprint density at radius 1 is 1.40 bits per heavy atom. The molecule has 0 aliphatic heterocycles. The lowest BCUT2D eigenvalue weighted by Crippen LogP contribution is -2.10. The quantitative estimate of drug-likeness (QED) is 0.574. The standard InChI is InChI=1S/C14H24O/c1-6-11(3)8-9-14(15)13(5)10-12(4)7-2/h7,10-11,13H,2,6,8-9H2,1,3-5H3/b12-10+/t11-,13+/m0/s1. The van der Waals surface area contributed by atoms with E-state index in [1.807, 2.05) is 19.9 Å². The molecule has 86 valence electrons. The summed E-state index contributed by atoms with van der Waals surface area (Å²) in [5.74, 6) is 1.04. The molecular formula is C14H24O. The lowest BCUT2D eigenvalue weighted by molar-refractivity contribution is -0.121. The van der Waals surface area contributed by atoms with Crippen LogP contribution in [0, 0.1) is 11.8 Å². The molecule has 0 aliphatic rings. The van der Waals surface area contributed by atoms with Crippen LogP contribution < -0.4 is 0 Å². The minimum Gasteiger partial charge on any atom is -0.299 e. The summed E-state index contributed by atoms with van der Waals surface area (Å²) in [6.07, 6.45) is 6.66. The van der Waals surface area contributed by atoms with Gasteiger partial charge in [-0.25, -0.2) is 0 Å². The van der Waals surface area contributed by atoms with Crippen molar-refractivity contribution >= 4 is 5.78 Å².